The largest absolute Gasteiger partial charge is 0.320 e. The van der Waals surface area contributed by atoms with Crippen LogP contribution in [-0.2, 0) is 0 Å². The van der Waals surface area contributed by atoms with Crippen LogP contribution < -0.4 is 10.6 Å². The first-order chi connectivity index (χ1) is 12.9. The predicted octanol–water partition coefficient (Wildman–Crippen LogP) is 4.08. The smallest absolute Gasteiger partial charge is 0.274 e. The lowest BCUT2D eigenvalue weighted by molar-refractivity contribution is 0.102. The van der Waals surface area contributed by atoms with Gasteiger partial charge >= 0.3 is 0 Å². The number of hydrogen-bond donors (Lipinski definition) is 2. The summed E-state index contributed by atoms with van der Waals surface area (Å²) >= 11 is 5.78. The van der Waals surface area contributed by atoms with Gasteiger partial charge in [0, 0.05) is 6.20 Å². The molecule has 0 saturated carbocycles. The zero-order valence-electron chi connectivity index (χ0n) is 14.2. The minimum Gasteiger partial charge on any atom is -0.320 e. The van der Waals surface area contributed by atoms with Crippen molar-refractivity contribution in [1.82, 2.24) is 9.97 Å². The van der Waals surface area contributed by atoms with E-state index >= 15 is 0 Å². The van der Waals surface area contributed by atoms with Crippen LogP contribution in [0.2, 0.25) is 5.02 Å². The van der Waals surface area contributed by atoms with Gasteiger partial charge in [-0.1, -0.05) is 23.2 Å². The minimum absolute atomic E-state index is 0.0303. The molecule has 0 fully saturated rings. The van der Waals surface area contributed by atoms with Crippen molar-refractivity contribution in [3.05, 3.63) is 82.5 Å². The fraction of sp³-hybridized carbons (Fsp3) is 0.0526. The van der Waals surface area contributed by atoms with Gasteiger partial charge in [-0.25, -0.2) is 14.4 Å². The number of halogens is 2. The van der Waals surface area contributed by atoms with Crippen molar-refractivity contribution < 1.29 is 14.0 Å². The molecular formula is C19H14ClFN4O2. The summed E-state index contributed by atoms with van der Waals surface area (Å²) in [6, 6.07) is 10.6. The number of carbonyl (C=O) groups is 2. The van der Waals surface area contributed by atoms with E-state index in [4.69, 9.17) is 11.6 Å². The first kappa shape index (κ1) is 18.5. The maximum absolute atomic E-state index is 13.0. The number of aryl methyl sites for hydroxylation is 1. The molecule has 0 unspecified atom stereocenters. The van der Waals surface area contributed by atoms with Gasteiger partial charge < -0.3 is 10.6 Å². The number of benzene rings is 1. The van der Waals surface area contributed by atoms with E-state index in [2.05, 4.69) is 20.6 Å². The highest BCUT2D eigenvalue weighted by Gasteiger charge is 2.16. The van der Waals surface area contributed by atoms with E-state index in [1.54, 1.807) is 30.3 Å². The highest BCUT2D eigenvalue weighted by molar-refractivity contribution is 6.30. The standard InChI is InChI=1S/C19H14ClFN4O2/c1-11-2-5-15(24-19(27)16-6-4-13(21)10-22-16)14(8-11)18(26)25-17-7-3-12(20)9-23-17/h2-10H,1H3,(H,24,27)(H,23,25,26). The van der Waals surface area contributed by atoms with Crippen LogP contribution in [0.1, 0.15) is 26.4 Å². The molecule has 0 aliphatic heterocycles. The van der Waals surface area contributed by atoms with Gasteiger partial charge in [0.1, 0.15) is 17.3 Å². The summed E-state index contributed by atoms with van der Waals surface area (Å²) in [5.74, 6) is -1.23. The van der Waals surface area contributed by atoms with Gasteiger partial charge in [-0.15, -0.1) is 0 Å². The number of amides is 2. The van der Waals surface area contributed by atoms with Gasteiger partial charge in [-0.2, -0.15) is 0 Å². The fourth-order valence-electron chi connectivity index (χ4n) is 2.28. The SMILES string of the molecule is Cc1ccc(NC(=O)c2ccc(F)cn2)c(C(=O)Nc2ccc(Cl)cn2)c1. The molecule has 3 rings (SSSR count). The summed E-state index contributed by atoms with van der Waals surface area (Å²) < 4.78 is 13.0. The van der Waals surface area contributed by atoms with Gasteiger partial charge in [0.05, 0.1) is 22.5 Å². The molecule has 136 valence electrons. The van der Waals surface area contributed by atoms with E-state index in [9.17, 15) is 14.0 Å². The monoisotopic (exact) mass is 384 g/mol. The average Bonchev–Trinajstić information content (AvgIpc) is 2.65. The summed E-state index contributed by atoms with van der Waals surface area (Å²) in [5.41, 5.74) is 1.41. The predicted molar refractivity (Wildman–Crippen MR) is 101 cm³/mol. The van der Waals surface area contributed by atoms with E-state index in [-0.39, 0.29) is 11.3 Å². The fourth-order valence-corrected chi connectivity index (χ4v) is 2.40. The number of hydrogen-bond acceptors (Lipinski definition) is 4. The Hall–Kier alpha value is -3.32. The van der Waals surface area contributed by atoms with Crippen molar-refractivity contribution in [1.29, 1.82) is 0 Å². The molecule has 2 heterocycles. The number of aromatic nitrogens is 2. The molecule has 2 aromatic heterocycles. The van der Waals surface area contributed by atoms with Crippen LogP contribution in [0.25, 0.3) is 0 Å². The zero-order valence-corrected chi connectivity index (χ0v) is 14.9. The Morgan fingerprint density at radius 1 is 0.963 bits per heavy atom. The van der Waals surface area contributed by atoms with Gasteiger partial charge in [0.2, 0.25) is 0 Å². The Balaban J connectivity index is 1.83. The second kappa shape index (κ2) is 7.92. The number of pyridine rings is 2. The molecule has 8 heteroatoms. The highest BCUT2D eigenvalue weighted by atomic mass is 35.5. The Kier molecular flexibility index (Phi) is 5.42. The van der Waals surface area contributed by atoms with Crippen LogP contribution in [0, 0.1) is 12.7 Å². The van der Waals surface area contributed by atoms with Crippen LogP contribution in [0.4, 0.5) is 15.9 Å². The quantitative estimate of drug-likeness (QED) is 0.709. The van der Waals surface area contributed by atoms with Crippen molar-refractivity contribution in [3.8, 4) is 0 Å². The Morgan fingerprint density at radius 3 is 2.44 bits per heavy atom. The lowest BCUT2D eigenvalue weighted by atomic mass is 10.1. The van der Waals surface area contributed by atoms with Crippen molar-refractivity contribution in [2.45, 2.75) is 6.92 Å². The van der Waals surface area contributed by atoms with Crippen LogP contribution in [0.3, 0.4) is 0 Å². The summed E-state index contributed by atoms with van der Waals surface area (Å²) in [4.78, 5) is 32.7. The van der Waals surface area contributed by atoms with E-state index in [0.717, 1.165) is 17.8 Å². The molecule has 2 amide bonds. The Labute approximate surface area is 159 Å². The number of rotatable bonds is 4. The van der Waals surface area contributed by atoms with Crippen LogP contribution in [0.15, 0.2) is 54.9 Å². The van der Waals surface area contributed by atoms with E-state index < -0.39 is 17.6 Å². The highest BCUT2D eigenvalue weighted by Crippen LogP contribution is 2.20. The van der Waals surface area contributed by atoms with Crippen molar-refractivity contribution in [3.63, 3.8) is 0 Å². The van der Waals surface area contributed by atoms with E-state index in [1.165, 1.54) is 12.3 Å². The van der Waals surface area contributed by atoms with Gasteiger partial charge in [0.25, 0.3) is 11.8 Å². The molecule has 3 aromatic rings. The number of nitrogens with zero attached hydrogens (tertiary/aromatic N) is 2. The minimum atomic E-state index is -0.558. The molecule has 27 heavy (non-hydrogen) atoms. The molecule has 6 nitrogen and oxygen atoms in total. The zero-order chi connectivity index (χ0) is 19.4. The first-order valence-corrected chi connectivity index (χ1v) is 8.26. The number of anilines is 2. The lowest BCUT2D eigenvalue weighted by Crippen LogP contribution is -2.19. The third-order valence-corrected chi connectivity index (χ3v) is 3.82. The molecule has 0 spiro atoms. The van der Waals surface area contributed by atoms with Crippen LogP contribution >= 0.6 is 11.6 Å². The molecule has 0 aliphatic rings. The van der Waals surface area contributed by atoms with Gasteiger partial charge in [-0.3, -0.25) is 9.59 Å². The molecule has 0 radical (unpaired) electrons. The third kappa shape index (κ3) is 4.65. The molecule has 0 bridgehead atoms. The van der Waals surface area contributed by atoms with Crippen molar-refractivity contribution >= 4 is 34.9 Å². The third-order valence-electron chi connectivity index (χ3n) is 3.60. The summed E-state index contributed by atoms with van der Waals surface area (Å²) in [6.07, 6.45) is 2.36. The van der Waals surface area contributed by atoms with Gasteiger partial charge in [-0.05, 0) is 43.3 Å². The summed E-state index contributed by atoms with van der Waals surface area (Å²) in [6.45, 7) is 1.82. The van der Waals surface area contributed by atoms with E-state index in [0.29, 0.717) is 16.5 Å². The topological polar surface area (TPSA) is 84.0 Å². The Morgan fingerprint density at radius 2 is 1.78 bits per heavy atom. The second-order valence-electron chi connectivity index (χ2n) is 5.68. The average molecular weight is 385 g/mol. The molecule has 0 atom stereocenters. The van der Waals surface area contributed by atoms with Crippen LogP contribution in [-0.4, -0.2) is 21.8 Å². The molecular weight excluding hydrogens is 371 g/mol. The van der Waals surface area contributed by atoms with Gasteiger partial charge in [0.15, 0.2) is 0 Å². The number of nitrogens with one attached hydrogen (secondary N) is 2. The molecule has 0 saturated heterocycles. The summed E-state index contributed by atoms with van der Waals surface area (Å²) in [7, 11) is 0. The molecule has 1 aromatic carbocycles. The van der Waals surface area contributed by atoms with E-state index in [1.807, 2.05) is 6.92 Å². The van der Waals surface area contributed by atoms with Crippen molar-refractivity contribution in [2.24, 2.45) is 0 Å². The lowest BCUT2D eigenvalue weighted by Gasteiger charge is -2.12. The normalized spacial score (nSPS) is 10.3. The molecule has 2 N–H and O–H groups in total. The van der Waals surface area contributed by atoms with Crippen LogP contribution in [0.5, 0.6) is 0 Å². The summed E-state index contributed by atoms with van der Waals surface area (Å²) in [5, 5.41) is 5.72. The second-order valence-corrected chi connectivity index (χ2v) is 6.12. The van der Waals surface area contributed by atoms with Crippen molar-refractivity contribution in [2.75, 3.05) is 10.6 Å². The Bertz CT molecular complexity index is 992. The maximum Gasteiger partial charge on any atom is 0.274 e. The first-order valence-electron chi connectivity index (χ1n) is 7.89. The maximum atomic E-state index is 13.0. The molecule has 0 aliphatic carbocycles. The number of carbonyl (C=O) groups excluding carboxylic acids is 2.